The van der Waals surface area contributed by atoms with Gasteiger partial charge in [0.2, 0.25) is 5.91 Å². The van der Waals surface area contributed by atoms with Gasteiger partial charge in [0.15, 0.2) is 14.9 Å². The van der Waals surface area contributed by atoms with Crippen LogP contribution in [-0.4, -0.2) is 25.2 Å². The minimum Gasteiger partial charge on any atom is -0.332 e. The molecule has 0 atom stereocenters. The molecule has 1 fully saturated rings. The van der Waals surface area contributed by atoms with Gasteiger partial charge in [-0.05, 0) is 54.7 Å². The molecule has 0 spiro atoms. The van der Waals surface area contributed by atoms with Crippen molar-refractivity contribution in [2.24, 2.45) is 11.3 Å². The van der Waals surface area contributed by atoms with Crippen LogP contribution < -0.4 is 10.6 Å². The summed E-state index contributed by atoms with van der Waals surface area (Å²) in [5.41, 5.74) is 0.340. The second-order valence-corrected chi connectivity index (χ2v) is 9.81. The predicted molar refractivity (Wildman–Crippen MR) is 99.7 cm³/mol. The molecule has 7 heteroatoms. The molecule has 1 amide bonds. The molecule has 1 aromatic rings. The predicted octanol–water partition coefficient (Wildman–Crippen LogP) is 3.12. The van der Waals surface area contributed by atoms with Crippen molar-refractivity contribution in [2.75, 3.05) is 11.1 Å². The van der Waals surface area contributed by atoms with Gasteiger partial charge in [0.1, 0.15) is 0 Å². The van der Waals surface area contributed by atoms with E-state index in [1.807, 2.05) is 20.8 Å². The molecule has 0 bridgehead atoms. The molecular weight excluding hydrogens is 344 g/mol. The number of benzene rings is 1. The minimum absolute atomic E-state index is 0.0527. The van der Waals surface area contributed by atoms with Gasteiger partial charge >= 0.3 is 0 Å². The Kier molecular flexibility index (Phi) is 5.65. The molecule has 2 N–H and O–H groups in total. The third-order valence-corrected chi connectivity index (χ3v) is 6.25. The quantitative estimate of drug-likeness (QED) is 0.799. The van der Waals surface area contributed by atoms with Crippen molar-refractivity contribution in [3.8, 4) is 0 Å². The molecule has 24 heavy (non-hydrogen) atoms. The number of thiocarbonyl (C=S) groups is 1. The van der Waals surface area contributed by atoms with E-state index < -0.39 is 9.84 Å². The van der Waals surface area contributed by atoms with Crippen molar-refractivity contribution in [1.29, 1.82) is 0 Å². The van der Waals surface area contributed by atoms with Crippen LogP contribution in [0.5, 0.6) is 0 Å². The van der Waals surface area contributed by atoms with E-state index in [0.29, 0.717) is 5.69 Å². The van der Waals surface area contributed by atoms with Crippen LogP contribution in [-0.2, 0) is 14.6 Å². The van der Waals surface area contributed by atoms with E-state index >= 15 is 0 Å². The van der Waals surface area contributed by atoms with Gasteiger partial charge in [-0.15, -0.1) is 0 Å². The smallest absolute Gasteiger partial charge is 0.229 e. The topological polar surface area (TPSA) is 75.3 Å². The molecule has 0 aromatic heterocycles. The van der Waals surface area contributed by atoms with E-state index in [4.69, 9.17) is 12.2 Å². The van der Waals surface area contributed by atoms with Gasteiger partial charge in [0.25, 0.3) is 0 Å². The SMILES string of the molecule is CC(C)(C)CS(=O)(=O)c1ccc(NC(=S)NC(=O)C2CCC2)cc1. The maximum atomic E-state index is 12.3. The Morgan fingerprint density at radius 1 is 1.21 bits per heavy atom. The van der Waals surface area contributed by atoms with Crippen molar-refractivity contribution in [3.63, 3.8) is 0 Å². The first-order chi connectivity index (χ1) is 11.1. The Labute approximate surface area is 149 Å². The Morgan fingerprint density at radius 2 is 1.79 bits per heavy atom. The summed E-state index contributed by atoms with van der Waals surface area (Å²) < 4.78 is 24.7. The summed E-state index contributed by atoms with van der Waals surface area (Å²) in [6, 6.07) is 6.41. The summed E-state index contributed by atoms with van der Waals surface area (Å²) in [6.07, 6.45) is 2.91. The highest BCUT2D eigenvalue weighted by atomic mass is 32.2. The minimum atomic E-state index is -3.32. The third kappa shape index (κ3) is 5.27. The molecule has 2 rings (SSSR count). The summed E-state index contributed by atoms with van der Waals surface area (Å²) in [4.78, 5) is 12.1. The van der Waals surface area contributed by atoms with Gasteiger partial charge < -0.3 is 10.6 Å². The fraction of sp³-hybridized carbons (Fsp3) is 0.529. The summed E-state index contributed by atoms with van der Waals surface area (Å²) in [5, 5.41) is 5.81. The van der Waals surface area contributed by atoms with E-state index in [9.17, 15) is 13.2 Å². The molecule has 0 heterocycles. The van der Waals surface area contributed by atoms with Crippen LogP contribution >= 0.6 is 12.2 Å². The fourth-order valence-electron chi connectivity index (χ4n) is 2.45. The van der Waals surface area contributed by atoms with Gasteiger partial charge in [0.05, 0.1) is 10.6 Å². The van der Waals surface area contributed by atoms with E-state index in [-0.39, 0.29) is 33.0 Å². The Hall–Kier alpha value is -1.47. The zero-order chi connectivity index (χ0) is 18.0. The number of hydrogen-bond acceptors (Lipinski definition) is 4. The molecule has 0 aliphatic heterocycles. The summed E-state index contributed by atoms with van der Waals surface area (Å²) in [6.45, 7) is 5.68. The second-order valence-electron chi connectivity index (χ2n) is 7.42. The number of rotatable bonds is 4. The number of carbonyl (C=O) groups is 1. The van der Waals surface area contributed by atoms with E-state index in [1.54, 1.807) is 24.3 Å². The lowest BCUT2D eigenvalue weighted by Crippen LogP contribution is -2.40. The Morgan fingerprint density at radius 3 is 2.25 bits per heavy atom. The highest BCUT2D eigenvalue weighted by molar-refractivity contribution is 7.91. The first kappa shape index (κ1) is 18.9. The molecular formula is C17H24N2O3S2. The summed E-state index contributed by atoms with van der Waals surface area (Å²) in [7, 11) is -3.32. The van der Waals surface area contributed by atoms with Crippen molar-refractivity contribution in [2.45, 2.75) is 44.9 Å². The molecule has 1 aliphatic carbocycles. The average molecular weight is 369 g/mol. The van der Waals surface area contributed by atoms with Gasteiger partial charge in [-0.3, -0.25) is 4.79 Å². The summed E-state index contributed by atoms with van der Waals surface area (Å²) in [5.74, 6) is 0.0978. The van der Waals surface area contributed by atoms with E-state index in [2.05, 4.69) is 10.6 Å². The number of carbonyl (C=O) groups excluding carboxylic acids is 1. The monoisotopic (exact) mass is 368 g/mol. The molecule has 132 valence electrons. The van der Waals surface area contributed by atoms with Crippen LogP contribution in [0.3, 0.4) is 0 Å². The first-order valence-corrected chi connectivity index (χ1v) is 10.1. The molecule has 0 saturated heterocycles. The van der Waals surface area contributed by atoms with Crippen LogP contribution in [0.25, 0.3) is 0 Å². The van der Waals surface area contributed by atoms with Crippen molar-refractivity contribution >= 4 is 38.8 Å². The van der Waals surface area contributed by atoms with Gasteiger partial charge in [-0.1, -0.05) is 27.2 Å². The zero-order valence-corrected chi connectivity index (χ0v) is 15.9. The normalized spacial score (nSPS) is 15.5. The molecule has 1 aromatic carbocycles. The molecule has 0 radical (unpaired) electrons. The first-order valence-electron chi connectivity index (χ1n) is 8.01. The van der Waals surface area contributed by atoms with Crippen LogP contribution in [0.1, 0.15) is 40.0 Å². The van der Waals surface area contributed by atoms with Crippen LogP contribution in [0, 0.1) is 11.3 Å². The second kappa shape index (κ2) is 7.19. The Balaban J connectivity index is 1.96. The number of hydrogen-bond donors (Lipinski definition) is 2. The number of sulfone groups is 1. The standard InChI is InChI=1S/C17H24N2O3S2/c1-17(2,3)11-24(21,22)14-9-7-13(8-10-14)18-16(23)19-15(20)12-5-4-6-12/h7-10,12H,4-6,11H2,1-3H3,(H2,18,19,20,23). The average Bonchev–Trinajstić information content (AvgIpc) is 2.33. The van der Waals surface area contributed by atoms with Crippen LogP contribution in [0.15, 0.2) is 29.2 Å². The lowest BCUT2D eigenvalue weighted by Gasteiger charge is -2.24. The fourth-order valence-corrected chi connectivity index (χ4v) is 4.52. The van der Waals surface area contributed by atoms with Gasteiger partial charge in [-0.2, -0.15) is 0 Å². The molecule has 1 saturated carbocycles. The van der Waals surface area contributed by atoms with Crippen LogP contribution in [0.2, 0.25) is 0 Å². The molecule has 0 unspecified atom stereocenters. The zero-order valence-electron chi connectivity index (χ0n) is 14.3. The van der Waals surface area contributed by atoms with Crippen molar-refractivity contribution in [3.05, 3.63) is 24.3 Å². The van der Waals surface area contributed by atoms with Gasteiger partial charge in [-0.25, -0.2) is 8.42 Å². The number of amides is 1. The van der Waals surface area contributed by atoms with Crippen LogP contribution in [0.4, 0.5) is 5.69 Å². The van der Waals surface area contributed by atoms with Crippen molar-refractivity contribution < 1.29 is 13.2 Å². The van der Waals surface area contributed by atoms with Gasteiger partial charge in [0, 0.05) is 11.6 Å². The molecule has 5 nitrogen and oxygen atoms in total. The lowest BCUT2D eigenvalue weighted by atomic mass is 9.85. The summed E-state index contributed by atoms with van der Waals surface area (Å²) >= 11 is 5.12. The number of nitrogens with one attached hydrogen (secondary N) is 2. The van der Waals surface area contributed by atoms with Crippen molar-refractivity contribution in [1.82, 2.24) is 5.32 Å². The third-order valence-electron chi connectivity index (χ3n) is 3.81. The number of anilines is 1. The maximum absolute atomic E-state index is 12.3. The molecule has 1 aliphatic rings. The lowest BCUT2D eigenvalue weighted by molar-refractivity contribution is -0.125. The van der Waals surface area contributed by atoms with E-state index in [1.165, 1.54) is 0 Å². The highest BCUT2D eigenvalue weighted by Gasteiger charge is 2.26. The van der Waals surface area contributed by atoms with E-state index in [0.717, 1.165) is 19.3 Å². The maximum Gasteiger partial charge on any atom is 0.229 e. The largest absolute Gasteiger partial charge is 0.332 e. The Bertz CT molecular complexity index is 715. The highest BCUT2D eigenvalue weighted by Crippen LogP contribution is 2.26.